The van der Waals surface area contributed by atoms with Crippen molar-refractivity contribution < 1.29 is 31.1 Å². The molecule has 32 heavy (non-hydrogen) atoms. The zero-order valence-electron chi connectivity index (χ0n) is 18.0. The largest absolute Gasteiger partial charge is 0.482 e. The molecular formula is C24H27F6OSi. The minimum absolute atomic E-state index is 0.208. The van der Waals surface area contributed by atoms with Crippen molar-refractivity contribution in [3.63, 3.8) is 0 Å². The lowest BCUT2D eigenvalue weighted by molar-refractivity contribution is 0.0777. The Morgan fingerprint density at radius 2 is 1.53 bits per heavy atom. The van der Waals surface area contributed by atoms with Crippen LogP contribution >= 0.6 is 0 Å². The third-order valence-corrected chi connectivity index (χ3v) is 9.20. The number of ether oxygens (including phenoxy) is 1. The Kier molecular flexibility index (Phi) is 8.68. The molecule has 2 aromatic rings. The Bertz CT molecular complexity index is 865. The fourth-order valence-electron chi connectivity index (χ4n) is 4.38. The minimum Gasteiger partial charge on any atom is -0.482 e. The quantitative estimate of drug-likeness (QED) is 0.267. The van der Waals surface area contributed by atoms with Gasteiger partial charge in [0.25, 0.3) is 6.43 Å². The third-order valence-electron chi connectivity index (χ3n) is 6.00. The molecule has 0 saturated carbocycles. The second kappa shape index (κ2) is 11.3. The van der Waals surface area contributed by atoms with Crippen molar-refractivity contribution in [2.24, 2.45) is 5.92 Å². The van der Waals surface area contributed by atoms with E-state index >= 15 is 0 Å². The molecule has 0 bridgehead atoms. The summed E-state index contributed by atoms with van der Waals surface area (Å²) in [6.07, 6.45) is 2.08. The van der Waals surface area contributed by atoms with E-state index in [0.717, 1.165) is 6.42 Å². The van der Waals surface area contributed by atoms with Crippen molar-refractivity contribution >= 4 is 8.80 Å². The van der Waals surface area contributed by atoms with Gasteiger partial charge in [-0.05, 0) is 54.2 Å². The molecule has 3 rings (SSSR count). The monoisotopic (exact) mass is 473 g/mol. The number of rotatable bonds is 9. The van der Waals surface area contributed by atoms with Gasteiger partial charge in [-0.25, -0.2) is 26.3 Å². The maximum Gasteiger partial charge on any atom is 0.272 e. The standard InChI is InChI=1S/C24H27F6OSi/c1-2-7-32-8-5-15(6-9-32)3-4-16-10-18(25)23(19(26)11-16)17-12-20(27)24(21(28)13-17)31-14-22(29)30/h10-13,15,22H,2-9,14H2,1H3. The second-order valence-corrected chi connectivity index (χ2v) is 11.4. The fourth-order valence-corrected chi connectivity index (χ4v) is 7.47. The smallest absolute Gasteiger partial charge is 0.272 e. The molecule has 0 atom stereocenters. The highest BCUT2D eigenvalue weighted by Crippen LogP contribution is 2.34. The Labute approximate surface area is 186 Å². The van der Waals surface area contributed by atoms with Crippen LogP contribution in [-0.4, -0.2) is 21.8 Å². The van der Waals surface area contributed by atoms with E-state index in [0.29, 0.717) is 30.0 Å². The molecule has 0 aliphatic carbocycles. The van der Waals surface area contributed by atoms with E-state index in [9.17, 15) is 26.3 Å². The van der Waals surface area contributed by atoms with Gasteiger partial charge in [-0.2, -0.15) is 0 Å². The summed E-state index contributed by atoms with van der Waals surface area (Å²) < 4.78 is 86.6. The molecule has 1 fully saturated rings. The van der Waals surface area contributed by atoms with Crippen molar-refractivity contribution in [2.45, 2.75) is 63.6 Å². The summed E-state index contributed by atoms with van der Waals surface area (Å²) in [5.74, 6) is -4.87. The minimum atomic E-state index is -2.91. The Morgan fingerprint density at radius 3 is 2.06 bits per heavy atom. The van der Waals surface area contributed by atoms with Crippen LogP contribution in [0, 0.1) is 29.2 Å². The summed E-state index contributed by atoms with van der Waals surface area (Å²) in [5.41, 5.74) is -0.411. The van der Waals surface area contributed by atoms with Crippen LogP contribution < -0.4 is 4.74 Å². The Morgan fingerprint density at radius 1 is 0.938 bits per heavy atom. The van der Waals surface area contributed by atoms with Crippen LogP contribution in [0.5, 0.6) is 5.75 Å². The summed E-state index contributed by atoms with van der Waals surface area (Å²) >= 11 is 0. The first kappa shape index (κ1) is 24.7. The maximum atomic E-state index is 14.7. The van der Waals surface area contributed by atoms with Crippen molar-refractivity contribution in [3.05, 3.63) is 53.1 Å². The van der Waals surface area contributed by atoms with E-state index in [4.69, 9.17) is 0 Å². The average molecular weight is 474 g/mol. The highest BCUT2D eigenvalue weighted by molar-refractivity contribution is 6.58. The average Bonchev–Trinajstić information content (AvgIpc) is 2.72. The van der Waals surface area contributed by atoms with Gasteiger partial charge in [-0.3, -0.25) is 0 Å². The molecule has 1 aliphatic heterocycles. The maximum absolute atomic E-state index is 14.7. The van der Waals surface area contributed by atoms with E-state index in [1.54, 1.807) is 0 Å². The number of benzene rings is 2. The molecule has 1 radical (unpaired) electrons. The number of alkyl halides is 2. The van der Waals surface area contributed by atoms with Crippen LogP contribution in [0.25, 0.3) is 11.1 Å². The zero-order chi connectivity index (χ0) is 23.3. The van der Waals surface area contributed by atoms with E-state index in [1.807, 2.05) is 0 Å². The Hall–Kier alpha value is -1.96. The van der Waals surface area contributed by atoms with Gasteiger partial charge < -0.3 is 4.74 Å². The molecule has 0 N–H and O–H groups in total. The van der Waals surface area contributed by atoms with Gasteiger partial charge in [-0.1, -0.05) is 44.3 Å². The molecule has 2 aromatic carbocycles. The summed E-state index contributed by atoms with van der Waals surface area (Å²) in [6.45, 7) is 1.03. The Balaban J connectivity index is 1.69. The topological polar surface area (TPSA) is 9.23 Å². The van der Waals surface area contributed by atoms with Gasteiger partial charge in [-0.15, -0.1) is 0 Å². The molecule has 8 heteroatoms. The van der Waals surface area contributed by atoms with E-state index in [-0.39, 0.29) is 14.4 Å². The zero-order valence-corrected chi connectivity index (χ0v) is 19.0. The predicted octanol–water partition coefficient (Wildman–Crippen LogP) is 7.80. The summed E-state index contributed by atoms with van der Waals surface area (Å²) in [4.78, 5) is 0. The number of aryl methyl sites for hydroxylation is 1. The van der Waals surface area contributed by atoms with Crippen LogP contribution in [0.4, 0.5) is 26.3 Å². The van der Waals surface area contributed by atoms with Gasteiger partial charge >= 0.3 is 0 Å². The lowest BCUT2D eigenvalue weighted by Gasteiger charge is -2.27. The molecule has 1 saturated heterocycles. The lowest BCUT2D eigenvalue weighted by Crippen LogP contribution is -2.21. The first-order chi connectivity index (χ1) is 15.3. The second-order valence-electron chi connectivity index (χ2n) is 8.39. The van der Waals surface area contributed by atoms with Crippen molar-refractivity contribution in [3.8, 4) is 16.9 Å². The van der Waals surface area contributed by atoms with Crippen LogP contribution in [-0.2, 0) is 6.42 Å². The van der Waals surface area contributed by atoms with Crippen LogP contribution in [0.1, 0.15) is 38.2 Å². The number of hydrogen-bond acceptors (Lipinski definition) is 1. The molecule has 0 spiro atoms. The fraction of sp³-hybridized carbons (Fsp3) is 0.500. The molecule has 1 heterocycles. The SMILES string of the molecule is CCC[Si]1CCC(CCc2cc(F)c(-c3cc(F)c(OCC(F)F)c(F)c3)c(F)c2)CC1. The lowest BCUT2D eigenvalue weighted by atomic mass is 9.93. The number of hydrogen-bond donors (Lipinski definition) is 0. The van der Waals surface area contributed by atoms with Gasteiger partial charge in [0.2, 0.25) is 0 Å². The molecule has 1 aliphatic rings. The molecule has 0 amide bonds. The number of halogens is 6. The van der Waals surface area contributed by atoms with Gasteiger partial charge in [0.15, 0.2) is 17.4 Å². The summed E-state index contributed by atoms with van der Waals surface area (Å²) in [5, 5.41) is 0. The van der Waals surface area contributed by atoms with Crippen molar-refractivity contribution in [2.75, 3.05) is 6.61 Å². The molecule has 0 unspecified atom stereocenters. The first-order valence-electron chi connectivity index (χ1n) is 11.0. The summed E-state index contributed by atoms with van der Waals surface area (Å²) in [7, 11) is -0.208. The highest BCUT2D eigenvalue weighted by atomic mass is 28.3. The molecule has 175 valence electrons. The van der Waals surface area contributed by atoms with Gasteiger partial charge in [0.1, 0.15) is 18.2 Å². The first-order valence-corrected chi connectivity index (χ1v) is 13.1. The van der Waals surface area contributed by atoms with Crippen LogP contribution in [0.3, 0.4) is 0 Å². The van der Waals surface area contributed by atoms with Crippen LogP contribution in [0.2, 0.25) is 18.1 Å². The predicted molar refractivity (Wildman–Crippen MR) is 115 cm³/mol. The molecule has 0 aromatic heterocycles. The normalized spacial score (nSPS) is 15.5. The van der Waals surface area contributed by atoms with Gasteiger partial charge in [0.05, 0.1) is 5.56 Å². The van der Waals surface area contributed by atoms with E-state index in [1.165, 1.54) is 49.5 Å². The van der Waals surface area contributed by atoms with Gasteiger partial charge in [0, 0.05) is 8.80 Å². The van der Waals surface area contributed by atoms with E-state index in [2.05, 4.69) is 11.7 Å². The van der Waals surface area contributed by atoms with Crippen molar-refractivity contribution in [1.29, 1.82) is 0 Å². The molecular weight excluding hydrogens is 446 g/mol. The molecule has 1 nitrogen and oxygen atoms in total. The van der Waals surface area contributed by atoms with Crippen molar-refractivity contribution in [1.82, 2.24) is 0 Å². The van der Waals surface area contributed by atoms with Crippen LogP contribution in [0.15, 0.2) is 24.3 Å². The highest BCUT2D eigenvalue weighted by Gasteiger charge is 2.23. The summed E-state index contributed by atoms with van der Waals surface area (Å²) in [6, 6.07) is 7.73. The third kappa shape index (κ3) is 6.30. The van der Waals surface area contributed by atoms with E-state index < -0.39 is 47.6 Å².